The fourth-order valence-electron chi connectivity index (χ4n) is 1.02. The number of alkyl halides is 1. The Morgan fingerprint density at radius 1 is 1.70 bits per heavy atom. The van der Waals surface area contributed by atoms with E-state index in [-0.39, 0.29) is 5.60 Å². The van der Waals surface area contributed by atoms with E-state index in [2.05, 4.69) is 22.9 Å². The lowest BCUT2D eigenvalue weighted by Gasteiger charge is -2.36. The van der Waals surface area contributed by atoms with E-state index in [0.717, 1.165) is 19.6 Å². The molecular formula is C7H13BrO2. The Morgan fingerprint density at radius 3 is 2.80 bits per heavy atom. The van der Waals surface area contributed by atoms with Crippen LogP contribution in [-0.4, -0.2) is 30.8 Å². The molecule has 1 aliphatic heterocycles. The molecule has 0 aromatic carbocycles. The maximum Gasteiger partial charge on any atom is 0.0819 e. The van der Waals surface area contributed by atoms with Gasteiger partial charge in [0.15, 0.2) is 0 Å². The van der Waals surface area contributed by atoms with Crippen LogP contribution in [0.5, 0.6) is 0 Å². The minimum Gasteiger partial charge on any atom is -0.380 e. The minimum absolute atomic E-state index is 0.0295. The number of hydrogen-bond acceptors (Lipinski definition) is 2. The fraction of sp³-hybridized carbons (Fsp3) is 1.00. The third-order valence-electron chi connectivity index (χ3n) is 2.14. The monoisotopic (exact) mass is 208 g/mol. The van der Waals surface area contributed by atoms with Crippen molar-refractivity contribution >= 4 is 15.9 Å². The van der Waals surface area contributed by atoms with Crippen LogP contribution < -0.4 is 0 Å². The molecule has 2 atom stereocenters. The highest BCUT2D eigenvalue weighted by Gasteiger charge is 2.35. The zero-order chi connectivity index (χ0) is 7.61. The summed E-state index contributed by atoms with van der Waals surface area (Å²) in [4.78, 5) is 0.332. The fourth-order valence-corrected chi connectivity index (χ4v) is 1.63. The molecule has 0 aliphatic carbocycles. The molecule has 0 spiro atoms. The van der Waals surface area contributed by atoms with Gasteiger partial charge in [0.25, 0.3) is 0 Å². The summed E-state index contributed by atoms with van der Waals surface area (Å²) in [5, 5.41) is 0. The van der Waals surface area contributed by atoms with Crippen LogP contribution in [0, 0.1) is 0 Å². The molecule has 0 bridgehead atoms. The molecule has 1 heterocycles. The Morgan fingerprint density at radius 2 is 2.40 bits per heavy atom. The second-order valence-electron chi connectivity index (χ2n) is 2.81. The minimum atomic E-state index is -0.0295. The van der Waals surface area contributed by atoms with Gasteiger partial charge in [-0.2, -0.15) is 0 Å². The number of ether oxygens (including phenoxy) is 2. The summed E-state index contributed by atoms with van der Waals surface area (Å²) in [6, 6.07) is 0. The van der Waals surface area contributed by atoms with E-state index in [9.17, 15) is 0 Å². The van der Waals surface area contributed by atoms with Gasteiger partial charge in [-0.15, -0.1) is 0 Å². The molecule has 2 nitrogen and oxygen atoms in total. The summed E-state index contributed by atoms with van der Waals surface area (Å²) in [6.45, 7) is 3.67. The van der Waals surface area contributed by atoms with Gasteiger partial charge in [0.05, 0.1) is 17.0 Å². The van der Waals surface area contributed by atoms with Crippen molar-refractivity contribution in [2.24, 2.45) is 0 Å². The summed E-state index contributed by atoms with van der Waals surface area (Å²) in [5.41, 5.74) is -0.0295. The average Bonchev–Trinajstić information content (AvgIpc) is 1.96. The largest absolute Gasteiger partial charge is 0.380 e. The number of halogens is 1. The first kappa shape index (κ1) is 8.50. The van der Waals surface area contributed by atoms with Crippen LogP contribution in [0.4, 0.5) is 0 Å². The first-order valence-electron chi connectivity index (χ1n) is 3.46. The summed E-state index contributed by atoms with van der Waals surface area (Å²) < 4.78 is 10.6. The topological polar surface area (TPSA) is 18.5 Å². The zero-order valence-electron chi connectivity index (χ0n) is 6.39. The van der Waals surface area contributed by atoms with E-state index < -0.39 is 0 Å². The van der Waals surface area contributed by atoms with Crippen molar-refractivity contribution < 1.29 is 9.47 Å². The molecule has 1 saturated heterocycles. The first-order valence-corrected chi connectivity index (χ1v) is 4.37. The molecule has 2 unspecified atom stereocenters. The molecule has 0 radical (unpaired) electrons. The lowest BCUT2D eigenvalue weighted by molar-refractivity contribution is -0.0694. The molecule has 0 aromatic rings. The normalized spacial score (nSPS) is 41.7. The van der Waals surface area contributed by atoms with Crippen LogP contribution in [0.25, 0.3) is 0 Å². The van der Waals surface area contributed by atoms with Gasteiger partial charge >= 0.3 is 0 Å². The predicted octanol–water partition coefficient (Wildman–Crippen LogP) is 1.58. The van der Waals surface area contributed by atoms with Gasteiger partial charge in [0, 0.05) is 20.1 Å². The quantitative estimate of drug-likeness (QED) is 0.610. The van der Waals surface area contributed by atoms with Crippen LogP contribution in [0.15, 0.2) is 0 Å². The zero-order valence-corrected chi connectivity index (χ0v) is 7.98. The van der Waals surface area contributed by atoms with Crippen LogP contribution in [-0.2, 0) is 9.47 Å². The molecule has 0 N–H and O–H groups in total. The van der Waals surface area contributed by atoms with E-state index in [1.165, 1.54) is 0 Å². The maximum atomic E-state index is 5.36. The molecule has 1 rings (SSSR count). The highest BCUT2D eigenvalue weighted by atomic mass is 79.9. The van der Waals surface area contributed by atoms with E-state index in [4.69, 9.17) is 9.47 Å². The maximum absolute atomic E-state index is 5.36. The Balaban J connectivity index is 2.54. The lowest BCUT2D eigenvalue weighted by Crippen LogP contribution is -2.45. The van der Waals surface area contributed by atoms with Gasteiger partial charge in [0.1, 0.15) is 0 Å². The second kappa shape index (κ2) is 3.20. The highest BCUT2D eigenvalue weighted by Crippen LogP contribution is 2.29. The van der Waals surface area contributed by atoms with Crippen molar-refractivity contribution in [3.63, 3.8) is 0 Å². The highest BCUT2D eigenvalue weighted by molar-refractivity contribution is 9.09. The third kappa shape index (κ3) is 1.52. The second-order valence-corrected chi connectivity index (χ2v) is 3.91. The molecule has 10 heavy (non-hydrogen) atoms. The number of rotatable bonds is 1. The average molecular weight is 209 g/mol. The van der Waals surface area contributed by atoms with Gasteiger partial charge < -0.3 is 9.47 Å². The molecule has 1 fully saturated rings. The van der Waals surface area contributed by atoms with Gasteiger partial charge in [-0.1, -0.05) is 15.9 Å². The van der Waals surface area contributed by atoms with Gasteiger partial charge in [-0.3, -0.25) is 0 Å². The van der Waals surface area contributed by atoms with Crippen LogP contribution in [0.2, 0.25) is 0 Å². The van der Waals surface area contributed by atoms with Gasteiger partial charge in [-0.25, -0.2) is 0 Å². The lowest BCUT2D eigenvalue weighted by atomic mass is 9.97. The summed E-state index contributed by atoms with van der Waals surface area (Å²) in [7, 11) is 1.75. The molecule has 60 valence electrons. The number of hydrogen-bond donors (Lipinski definition) is 0. The molecule has 0 amide bonds. The Kier molecular flexibility index (Phi) is 2.72. The number of methoxy groups -OCH3 is 1. The van der Waals surface area contributed by atoms with Crippen LogP contribution in [0.3, 0.4) is 0 Å². The van der Waals surface area contributed by atoms with E-state index >= 15 is 0 Å². The van der Waals surface area contributed by atoms with Crippen LogP contribution in [0.1, 0.15) is 13.3 Å². The molecule has 3 heteroatoms. The first-order chi connectivity index (χ1) is 4.69. The van der Waals surface area contributed by atoms with E-state index in [1.807, 2.05) is 0 Å². The van der Waals surface area contributed by atoms with Crippen molar-refractivity contribution in [1.82, 2.24) is 0 Å². The van der Waals surface area contributed by atoms with Crippen molar-refractivity contribution in [2.75, 3.05) is 20.3 Å². The van der Waals surface area contributed by atoms with Crippen molar-refractivity contribution in [1.29, 1.82) is 0 Å². The Labute approximate surface area is 70.0 Å². The summed E-state index contributed by atoms with van der Waals surface area (Å²) in [5.74, 6) is 0. The predicted molar refractivity (Wildman–Crippen MR) is 43.6 cm³/mol. The molecule has 0 aromatic heterocycles. The third-order valence-corrected chi connectivity index (χ3v) is 3.37. The van der Waals surface area contributed by atoms with Crippen LogP contribution >= 0.6 is 15.9 Å². The Hall–Kier alpha value is 0.400. The summed E-state index contributed by atoms with van der Waals surface area (Å²) >= 11 is 3.52. The van der Waals surface area contributed by atoms with Gasteiger partial charge in [-0.05, 0) is 6.92 Å². The van der Waals surface area contributed by atoms with Gasteiger partial charge in [0.2, 0.25) is 0 Å². The van der Waals surface area contributed by atoms with Crippen molar-refractivity contribution in [3.05, 3.63) is 0 Å². The van der Waals surface area contributed by atoms with Crippen molar-refractivity contribution in [3.8, 4) is 0 Å². The van der Waals surface area contributed by atoms with E-state index in [1.54, 1.807) is 7.11 Å². The molecule has 1 aliphatic rings. The molecule has 0 saturated carbocycles. The standard InChI is InChI=1S/C7H13BrO2/c1-7(9-2)3-4-10-5-6(7)8/h6H,3-5H2,1-2H3. The smallest absolute Gasteiger partial charge is 0.0819 e. The molecular weight excluding hydrogens is 196 g/mol. The van der Waals surface area contributed by atoms with E-state index in [0.29, 0.717) is 4.83 Å². The SMILES string of the molecule is COC1(C)CCOCC1Br. The summed E-state index contributed by atoms with van der Waals surface area (Å²) in [6.07, 6.45) is 0.972. The Bertz CT molecular complexity index is 118. The van der Waals surface area contributed by atoms with Crippen molar-refractivity contribution in [2.45, 2.75) is 23.8 Å².